The molecule has 0 bridgehead atoms. The molecule has 0 saturated heterocycles. The minimum Gasteiger partial charge on any atom is -0.494 e. The van der Waals surface area contributed by atoms with E-state index < -0.39 is 23.0 Å². The second-order valence-electron chi connectivity index (χ2n) is 10.5. The number of rotatable bonds is 16. The minimum atomic E-state index is -0.886. The van der Waals surface area contributed by atoms with Crippen molar-refractivity contribution in [3.05, 3.63) is 88.2 Å². The number of amides is 1. The Morgan fingerprint density at radius 3 is 2.15 bits per heavy atom. The van der Waals surface area contributed by atoms with Gasteiger partial charge in [0.2, 0.25) is 5.43 Å². The van der Waals surface area contributed by atoms with E-state index in [0.29, 0.717) is 54.3 Å². The molecule has 1 amide bonds. The highest BCUT2D eigenvalue weighted by molar-refractivity contribution is 9.09. The zero-order valence-electron chi connectivity index (χ0n) is 26.0. The summed E-state index contributed by atoms with van der Waals surface area (Å²) in [5.74, 6) is 1.39. The third kappa shape index (κ3) is 8.67. The van der Waals surface area contributed by atoms with Gasteiger partial charge in [0, 0.05) is 47.2 Å². The van der Waals surface area contributed by atoms with Gasteiger partial charge in [0.1, 0.15) is 34.4 Å². The van der Waals surface area contributed by atoms with Crippen LogP contribution in [0.5, 0.6) is 17.2 Å². The number of hydrogen-bond acceptors (Lipinski definition) is 5. The number of hydrogen-bond donors (Lipinski definition) is 0. The van der Waals surface area contributed by atoms with E-state index >= 15 is 0 Å². The molecule has 10 heteroatoms. The lowest BCUT2D eigenvalue weighted by atomic mass is 10.1. The van der Waals surface area contributed by atoms with Crippen LogP contribution in [0.4, 0.5) is 14.5 Å². The maximum Gasteiger partial charge on any atom is 0.264 e. The molecule has 0 spiro atoms. The smallest absolute Gasteiger partial charge is 0.264 e. The molecule has 3 aromatic carbocycles. The van der Waals surface area contributed by atoms with Crippen molar-refractivity contribution in [2.24, 2.45) is 0 Å². The highest BCUT2D eigenvalue weighted by Gasteiger charge is 2.24. The van der Waals surface area contributed by atoms with E-state index in [1.54, 1.807) is 41.0 Å². The predicted molar refractivity (Wildman–Crippen MR) is 181 cm³/mol. The molecular formula is C36H37BrF2N2O5. The first-order valence-electron chi connectivity index (χ1n) is 15.3. The summed E-state index contributed by atoms with van der Waals surface area (Å²) in [7, 11) is 0. The van der Waals surface area contributed by atoms with Crippen molar-refractivity contribution in [1.29, 1.82) is 0 Å². The third-order valence-electron chi connectivity index (χ3n) is 7.17. The van der Waals surface area contributed by atoms with Gasteiger partial charge >= 0.3 is 0 Å². The molecule has 0 aliphatic heterocycles. The van der Waals surface area contributed by atoms with Crippen molar-refractivity contribution in [2.75, 3.05) is 36.6 Å². The van der Waals surface area contributed by atoms with E-state index in [1.165, 1.54) is 6.20 Å². The first-order valence-corrected chi connectivity index (χ1v) is 16.4. The second-order valence-corrected chi connectivity index (χ2v) is 11.3. The van der Waals surface area contributed by atoms with Gasteiger partial charge in [0.05, 0.1) is 43.3 Å². The average molecular weight is 696 g/mol. The summed E-state index contributed by atoms with van der Waals surface area (Å²) in [5, 5.41) is 1.24. The Kier molecular flexibility index (Phi) is 12.6. The van der Waals surface area contributed by atoms with Crippen molar-refractivity contribution in [3.8, 4) is 35.3 Å². The Bertz CT molecular complexity index is 1720. The quantitative estimate of drug-likeness (QED) is 0.0674. The summed E-state index contributed by atoms with van der Waals surface area (Å²) in [6.07, 6.45) is 12.3. The third-order valence-corrected chi connectivity index (χ3v) is 7.73. The fraction of sp³-hybridized carbons (Fsp3) is 0.333. The van der Waals surface area contributed by atoms with Gasteiger partial charge < -0.3 is 18.8 Å². The lowest BCUT2D eigenvalue weighted by molar-refractivity contribution is 0.0988. The molecule has 0 fully saturated rings. The maximum absolute atomic E-state index is 14.2. The highest BCUT2D eigenvalue weighted by Crippen LogP contribution is 2.30. The van der Waals surface area contributed by atoms with Crippen LogP contribution in [-0.4, -0.2) is 42.2 Å². The summed E-state index contributed by atoms with van der Waals surface area (Å²) in [5.41, 5.74) is 0.105. The van der Waals surface area contributed by atoms with Gasteiger partial charge in [-0.1, -0.05) is 41.1 Å². The van der Waals surface area contributed by atoms with E-state index in [9.17, 15) is 18.4 Å². The highest BCUT2D eigenvalue weighted by atomic mass is 79.9. The van der Waals surface area contributed by atoms with Crippen LogP contribution in [0.15, 0.2) is 65.6 Å². The molecule has 0 aliphatic carbocycles. The fourth-order valence-electron chi connectivity index (χ4n) is 5.09. The number of ether oxygens (including phenoxy) is 3. The van der Waals surface area contributed by atoms with E-state index in [0.717, 1.165) is 54.5 Å². The van der Waals surface area contributed by atoms with Crippen LogP contribution in [0.2, 0.25) is 0 Å². The van der Waals surface area contributed by atoms with Gasteiger partial charge in [-0.05, 0) is 51.0 Å². The van der Waals surface area contributed by atoms with Gasteiger partial charge in [-0.15, -0.1) is 6.42 Å². The molecule has 1 heterocycles. The number of nitrogens with zero attached hydrogens (tertiary/aromatic N) is 2. The molecule has 4 rings (SSSR count). The van der Waals surface area contributed by atoms with Crippen LogP contribution in [-0.2, 0) is 0 Å². The Balaban J connectivity index is 1.84. The molecule has 1 aromatic heterocycles. The van der Waals surface area contributed by atoms with Gasteiger partial charge in [-0.2, -0.15) is 0 Å². The van der Waals surface area contributed by atoms with E-state index in [2.05, 4.69) is 21.9 Å². The molecule has 46 heavy (non-hydrogen) atoms. The predicted octanol–water partition coefficient (Wildman–Crippen LogP) is 8.07. The van der Waals surface area contributed by atoms with E-state index in [4.69, 9.17) is 20.6 Å². The lowest BCUT2D eigenvalue weighted by Gasteiger charge is -2.22. The van der Waals surface area contributed by atoms with E-state index in [-0.39, 0.29) is 23.2 Å². The first kappa shape index (κ1) is 34.5. The second kappa shape index (κ2) is 16.8. The standard InChI is InChI=1S/C36H37BrF2N2O5/c1-4-15-40(27-18-25(38)17-26(39)19-27)36(43)33-24-41(28-20-30(44-5-2)22-31(21-28)45-6-3)34-23-29(12-13-32(34)35(33)42)46-16-11-9-7-8-10-14-37/h1,12-13,17-24H,5-11,14-16H2,2-3H3. The number of carbonyl (C=O) groups is 1. The molecule has 4 aromatic rings. The number of halogens is 3. The number of terminal acetylenes is 1. The number of pyridine rings is 1. The van der Waals surface area contributed by atoms with Crippen LogP contribution in [0.25, 0.3) is 16.6 Å². The van der Waals surface area contributed by atoms with Crippen LogP contribution in [0, 0.1) is 24.0 Å². The molecule has 0 atom stereocenters. The Morgan fingerprint density at radius 2 is 1.52 bits per heavy atom. The molecule has 0 unspecified atom stereocenters. The lowest BCUT2D eigenvalue weighted by Crippen LogP contribution is -2.35. The van der Waals surface area contributed by atoms with Crippen molar-refractivity contribution in [1.82, 2.24) is 4.57 Å². The van der Waals surface area contributed by atoms with Crippen LogP contribution in [0.3, 0.4) is 0 Å². The number of fused-ring (bicyclic) bond motifs is 1. The monoisotopic (exact) mass is 694 g/mol. The van der Waals surface area contributed by atoms with Crippen molar-refractivity contribution in [3.63, 3.8) is 0 Å². The topological polar surface area (TPSA) is 70.0 Å². The normalized spacial score (nSPS) is 10.9. The average Bonchev–Trinajstić information content (AvgIpc) is 3.03. The molecule has 242 valence electrons. The van der Waals surface area contributed by atoms with Gasteiger partial charge in [0.25, 0.3) is 5.91 Å². The van der Waals surface area contributed by atoms with Crippen molar-refractivity contribution < 1.29 is 27.8 Å². The largest absolute Gasteiger partial charge is 0.494 e. The Labute approximate surface area is 276 Å². The summed E-state index contributed by atoms with van der Waals surface area (Å²) in [6, 6.07) is 13.0. The number of carbonyl (C=O) groups excluding carboxylic acids is 1. The Hall–Kier alpha value is -4.36. The summed E-state index contributed by atoms with van der Waals surface area (Å²) in [4.78, 5) is 28.9. The maximum atomic E-state index is 14.2. The number of aromatic nitrogens is 1. The summed E-state index contributed by atoms with van der Waals surface area (Å²) >= 11 is 3.46. The molecule has 0 radical (unpaired) electrons. The van der Waals surface area contributed by atoms with Gasteiger partial charge in [-0.3, -0.25) is 14.5 Å². The first-order chi connectivity index (χ1) is 22.3. The molecule has 0 saturated carbocycles. The fourth-order valence-corrected chi connectivity index (χ4v) is 5.48. The van der Waals surface area contributed by atoms with Crippen LogP contribution >= 0.6 is 15.9 Å². The molecule has 0 aliphatic rings. The molecule has 0 N–H and O–H groups in total. The number of benzene rings is 3. The number of alkyl halides is 1. The molecule has 7 nitrogen and oxygen atoms in total. The van der Waals surface area contributed by atoms with Crippen LogP contribution < -0.4 is 24.5 Å². The molecular weight excluding hydrogens is 658 g/mol. The SMILES string of the molecule is C#CCN(C(=O)c1cn(-c2cc(OCC)cc(OCC)c2)c2cc(OCCCCCCCBr)ccc2c1=O)c1cc(F)cc(F)c1. The van der Waals surface area contributed by atoms with Gasteiger partial charge in [-0.25, -0.2) is 8.78 Å². The zero-order chi connectivity index (χ0) is 33.1. The summed E-state index contributed by atoms with van der Waals surface area (Å²) in [6.45, 7) is 4.72. The van der Waals surface area contributed by atoms with E-state index in [1.807, 2.05) is 13.8 Å². The van der Waals surface area contributed by atoms with Crippen LogP contribution in [0.1, 0.15) is 56.3 Å². The van der Waals surface area contributed by atoms with Crippen molar-refractivity contribution >= 4 is 38.4 Å². The minimum absolute atomic E-state index is 0.112. The summed E-state index contributed by atoms with van der Waals surface area (Å²) < 4.78 is 47.6. The van der Waals surface area contributed by atoms with Gasteiger partial charge in [0.15, 0.2) is 0 Å². The van der Waals surface area contributed by atoms with Crippen molar-refractivity contribution in [2.45, 2.75) is 46.0 Å². The zero-order valence-corrected chi connectivity index (χ0v) is 27.6. The number of unbranched alkanes of at least 4 members (excludes halogenated alkanes) is 4. The number of anilines is 1. The Morgan fingerprint density at radius 1 is 0.870 bits per heavy atom.